The molecule has 2 saturated heterocycles. The van der Waals surface area contributed by atoms with E-state index in [-0.39, 0.29) is 36.6 Å². The minimum atomic E-state index is -3.54. The van der Waals surface area contributed by atoms with Crippen LogP contribution in [0.5, 0.6) is 0 Å². The zero-order chi connectivity index (χ0) is 19.3. The molecule has 2 N–H and O–H groups in total. The first kappa shape index (κ1) is 20.3. The predicted octanol–water partition coefficient (Wildman–Crippen LogP) is 1.12. The smallest absolute Gasteiger partial charge is 0.223 e. The molecular weight excluding hydrogens is 366 g/mol. The Morgan fingerprint density at radius 2 is 1.85 bits per heavy atom. The minimum Gasteiger partial charge on any atom is -0.373 e. The SMILES string of the molecule is NS(=O)(=O)CCCC(=O)N1CCO[C@@H](CN2CCCC2)[C@@H]1c1ccccc1. The molecule has 7 nitrogen and oxygen atoms in total. The largest absolute Gasteiger partial charge is 0.373 e. The van der Waals surface area contributed by atoms with Gasteiger partial charge in [-0.2, -0.15) is 0 Å². The summed E-state index contributed by atoms with van der Waals surface area (Å²) in [5, 5.41) is 5.05. The molecule has 0 aliphatic carbocycles. The second kappa shape index (κ2) is 9.14. The summed E-state index contributed by atoms with van der Waals surface area (Å²) in [5.74, 6) is -0.210. The molecule has 2 heterocycles. The van der Waals surface area contributed by atoms with Gasteiger partial charge < -0.3 is 14.5 Å². The molecule has 1 aromatic carbocycles. The Morgan fingerprint density at radius 1 is 1.15 bits per heavy atom. The summed E-state index contributed by atoms with van der Waals surface area (Å²) in [6.45, 7) is 3.97. The summed E-state index contributed by atoms with van der Waals surface area (Å²) in [6.07, 6.45) is 2.75. The van der Waals surface area contributed by atoms with Crippen LogP contribution in [0.15, 0.2) is 30.3 Å². The van der Waals surface area contributed by atoms with Crippen LogP contribution in [-0.2, 0) is 19.6 Å². The van der Waals surface area contributed by atoms with Crippen molar-refractivity contribution in [3.8, 4) is 0 Å². The second-order valence-corrected chi connectivity index (χ2v) is 9.06. The van der Waals surface area contributed by atoms with Gasteiger partial charge in [0, 0.05) is 19.5 Å². The van der Waals surface area contributed by atoms with Crippen molar-refractivity contribution in [2.45, 2.75) is 37.8 Å². The molecule has 3 rings (SSSR count). The maximum absolute atomic E-state index is 12.9. The number of hydrogen-bond donors (Lipinski definition) is 1. The number of amides is 1. The third-order valence-electron chi connectivity index (χ3n) is 5.27. The van der Waals surface area contributed by atoms with E-state index in [4.69, 9.17) is 9.88 Å². The van der Waals surface area contributed by atoms with Gasteiger partial charge in [-0.05, 0) is 37.9 Å². The number of nitrogens with zero attached hydrogens (tertiary/aromatic N) is 2. The van der Waals surface area contributed by atoms with Crippen molar-refractivity contribution in [2.75, 3.05) is 38.5 Å². The number of sulfonamides is 1. The zero-order valence-electron chi connectivity index (χ0n) is 15.6. The first-order valence-corrected chi connectivity index (χ1v) is 11.3. The van der Waals surface area contributed by atoms with Gasteiger partial charge in [0.2, 0.25) is 15.9 Å². The van der Waals surface area contributed by atoms with E-state index >= 15 is 0 Å². The van der Waals surface area contributed by atoms with Crippen LogP contribution >= 0.6 is 0 Å². The quantitative estimate of drug-likeness (QED) is 0.747. The van der Waals surface area contributed by atoms with Crippen LogP contribution in [0.4, 0.5) is 0 Å². The van der Waals surface area contributed by atoms with Crippen LogP contribution in [0, 0.1) is 0 Å². The molecular formula is C19H29N3O4S. The van der Waals surface area contributed by atoms with Crippen LogP contribution in [0.1, 0.15) is 37.3 Å². The van der Waals surface area contributed by atoms with Crippen molar-refractivity contribution < 1.29 is 17.9 Å². The summed E-state index contributed by atoms with van der Waals surface area (Å²) in [7, 11) is -3.54. The summed E-state index contributed by atoms with van der Waals surface area (Å²) < 4.78 is 28.4. The van der Waals surface area contributed by atoms with Crippen LogP contribution in [0.3, 0.4) is 0 Å². The van der Waals surface area contributed by atoms with Crippen molar-refractivity contribution in [1.82, 2.24) is 9.80 Å². The van der Waals surface area contributed by atoms with Gasteiger partial charge in [0.25, 0.3) is 0 Å². The van der Waals surface area contributed by atoms with Crippen molar-refractivity contribution in [2.24, 2.45) is 5.14 Å². The van der Waals surface area contributed by atoms with Gasteiger partial charge in [0.1, 0.15) is 0 Å². The average molecular weight is 396 g/mol. The van der Waals surface area contributed by atoms with E-state index in [1.165, 1.54) is 12.8 Å². The molecule has 8 heteroatoms. The molecule has 27 heavy (non-hydrogen) atoms. The lowest BCUT2D eigenvalue weighted by molar-refractivity contribution is -0.148. The van der Waals surface area contributed by atoms with Gasteiger partial charge >= 0.3 is 0 Å². The number of carbonyl (C=O) groups excluding carboxylic acids is 1. The van der Waals surface area contributed by atoms with Gasteiger partial charge in [-0.25, -0.2) is 13.6 Å². The van der Waals surface area contributed by atoms with Gasteiger partial charge in [0.15, 0.2) is 0 Å². The molecule has 2 atom stereocenters. The van der Waals surface area contributed by atoms with E-state index in [1.54, 1.807) is 0 Å². The number of nitrogens with two attached hydrogens (primary N) is 1. The average Bonchev–Trinajstić information content (AvgIpc) is 3.14. The Balaban J connectivity index is 1.74. The standard InChI is InChI=1S/C19H29N3O4S/c20-27(24,25)14-6-9-18(23)22-12-13-26-17(15-21-10-4-5-11-21)19(22)16-7-2-1-3-8-16/h1-3,7-8,17,19H,4-6,9-15H2,(H2,20,24,25)/t17-,19-/m0/s1. The number of morpholine rings is 1. The monoisotopic (exact) mass is 395 g/mol. The van der Waals surface area contributed by atoms with Crippen LogP contribution in [0.2, 0.25) is 0 Å². The second-order valence-electron chi connectivity index (χ2n) is 7.33. The molecule has 2 fully saturated rings. The normalized spacial score (nSPS) is 24.3. The highest BCUT2D eigenvalue weighted by Gasteiger charge is 2.37. The molecule has 0 radical (unpaired) electrons. The summed E-state index contributed by atoms with van der Waals surface area (Å²) in [5.41, 5.74) is 1.06. The van der Waals surface area contributed by atoms with E-state index in [9.17, 15) is 13.2 Å². The molecule has 1 amide bonds. The Hall–Kier alpha value is -1.48. The molecule has 0 unspecified atom stereocenters. The first-order valence-electron chi connectivity index (χ1n) is 9.63. The molecule has 0 spiro atoms. The predicted molar refractivity (Wildman–Crippen MR) is 104 cm³/mol. The number of ether oxygens (including phenoxy) is 1. The summed E-state index contributed by atoms with van der Waals surface area (Å²) >= 11 is 0. The fourth-order valence-electron chi connectivity index (χ4n) is 4.00. The van der Waals surface area contributed by atoms with E-state index in [0.717, 1.165) is 25.2 Å². The zero-order valence-corrected chi connectivity index (χ0v) is 16.4. The third kappa shape index (κ3) is 5.75. The fraction of sp³-hybridized carbons (Fsp3) is 0.632. The van der Waals surface area contributed by atoms with Gasteiger partial charge in [-0.1, -0.05) is 30.3 Å². The maximum atomic E-state index is 12.9. The highest BCUT2D eigenvalue weighted by molar-refractivity contribution is 7.89. The number of benzene rings is 1. The first-order chi connectivity index (χ1) is 12.9. The third-order valence-corrected chi connectivity index (χ3v) is 6.13. The van der Waals surface area contributed by atoms with E-state index in [2.05, 4.69) is 4.90 Å². The molecule has 0 aromatic heterocycles. The molecule has 1 aromatic rings. The number of hydrogen-bond acceptors (Lipinski definition) is 5. The Bertz CT molecular complexity index is 720. The van der Waals surface area contributed by atoms with Gasteiger partial charge in [-0.3, -0.25) is 4.79 Å². The van der Waals surface area contributed by atoms with Crippen LogP contribution in [0.25, 0.3) is 0 Å². The van der Waals surface area contributed by atoms with Crippen LogP contribution < -0.4 is 5.14 Å². The van der Waals surface area contributed by atoms with Crippen molar-refractivity contribution in [1.29, 1.82) is 0 Å². The fourth-order valence-corrected chi connectivity index (χ4v) is 4.55. The summed E-state index contributed by atoms with van der Waals surface area (Å²) in [4.78, 5) is 17.1. The molecule has 0 bridgehead atoms. The lowest BCUT2D eigenvalue weighted by atomic mass is 9.97. The highest BCUT2D eigenvalue weighted by atomic mass is 32.2. The number of rotatable bonds is 7. The van der Waals surface area contributed by atoms with Crippen molar-refractivity contribution in [3.05, 3.63) is 35.9 Å². The Labute approximate surface area is 161 Å². The minimum absolute atomic E-state index is 0.0396. The molecule has 2 aliphatic rings. The summed E-state index contributed by atoms with van der Waals surface area (Å²) in [6, 6.07) is 9.81. The number of likely N-dealkylation sites (tertiary alicyclic amines) is 1. The number of carbonyl (C=O) groups is 1. The maximum Gasteiger partial charge on any atom is 0.223 e. The lowest BCUT2D eigenvalue weighted by Crippen LogP contribution is -2.51. The molecule has 0 saturated carbocycles. The molecule has 150 valence electrons. The topological polar surface area (TPSA) is 92.9 Å². The van der Waals surface area contributed by atoms with Crippen molar-refractivity contribution in [3.63, 3.8) is 0 Å². The van der Waals surface area contributed by atoms with E-state index < -0.39 is 10.0 Å². The van der Waals surface area contributed by atoms with Crippen LogP contribution in [-0.4, -0.2) is 68.8 Å². The Morgan fingerprint density at radius 3 is 2.52 bits per heavy atom. The number of primary sulfonamides is 1. The lowest BCUT2D eigenvalue weighted by Gasteiger charge is -2.43. The van der Waals surface area contributed by atoms with Gasteiger partial charge in [-0.15, -0.1) is 0 Å². The highest BCUT2D eigenvalue weighted by Crippen LogP contribution is 2.31. The van der Waals surface area contributed by atoms with E-state index in [0.29, 0.717) is 13.2 Å². The van der Waals surface area contributed by atoms with Crippen molar-refractivity contribution >= 4 is 15.9 Å². The molecule has 2 aliphatic heterocycles. The van der Waals surface area contributed by atoms with Gasteiger partial charge in [0.05, 0.1) is 24.5 Å². The van der Waals surface area contributed by atoms with E-state index in [1.807, 2.05) is 35.2 Å². The Kier molecular flexibility index (Phi) is 6.86.